The Kier molecular flexibility index (Phi) is 5.67. The van der Waals surface area contributed by atoms with Gasteiger partial charge in [0.15, 0.2) is 5.82 Å². The highest BCUT2D eigenvalue weighted by atomic mass is 16.5. The summed E-state index contributed by atoms with van der Waals surface area (Å²) in [6, 6.07) is 0. The molecule has 2 aliphatic heterocycles. The standard InChI is InChI=1S/C17H27N5O3/c1-12-19-16(25-20-12)9-13-4-7-22(8-5-13)17(24)14-3-2-6-21(10-14)11-15(18)23/h13-14H,2-11H2,1H3,(H2,18,23)/t14-/m0/s1. The molecule has 0 bridgehead atoms. The highest BCUT2D eigenvalue weighted by molar-refractivity contribution is 5.79. The van der Waals surface area contributed by atoms with E-state index >= 15 is 0 Å². The number of nitrogens with zero attached hydrogens (tertiary/aromatic N) is 4. The van der Waals surface area contributed by atoms with Gasteiger partial charge in [0, 0.05) is 26.1 Å². The second-order valence-corrected chi connectivity index (χ2v) is 7.25. The number of carbonyl (C=O) groups is 2. The van der Waals surface area contributed by atoms with Crippen LogP contribution in [0.2, 0.25) is 0 Å². The summed E-state index contributed by atoms with van der Waals surface area (Å²) in [7, 11) is 0. The first-order valence-corrected chi connectivity index (χ1v) is 9.10. The molecule has 1 aromatic rings. The molecular weight excluding hydrogens is 322 g/mol. The van der Waals surface area contributed by atoms with Gasteiger partial charge in [-0.05, 0) is 45.1 Å². The van der Waals surface area contributed by atoms with Gasteiger partial charge in [-0.1, -0.05) is 5.16 Å². The maximum absolute atomic E-state index is 12.8. The van der Waals surface area contributed by atoms with E-state index in [2.05, 4.69) is 10.1 Å². The van der Waals surface area contributed by atoms with Gasteiger partial charge in [-0.25, -0.2) is 0 Å². The van der Waals surface area contributed by atoms with Gasteiger partial charge in [-0.2, -0.15) is 4.98 Å². The third-order valence-electron chi connectivity index (χ3n) is 5.19. The Morgan fingerprint density at radius 3 is 2.64 bits per heavy atom. The summed E-state index contributed by atoms with van der Waals surface area (Å²) >= 11 is 0. The molecule has 0 aromatic carbocycles. The average Bonchev–Trinajstić information content (AvgIpc) is 2.99. The monoisotopic (exact) mass is 349 g/mol. The van der Waals surface area contributed by atoms with E-state index in [1.807, 2.05) is 16.7 Å². The van der Waals surface area contributed by atoms with Gasteiger partial charge in [0.1, 0.15) is 0 Å². The number of likely N-dealkylation sites (tertiary alicyclic amines) is 2. The lowest BCUT2D eigenvalue weighted by Crippen LogP contribution is -2.48. The van der Waals surface area contributed by atoms with Crippen LogP contribution in [0, 0.1) is 18.8 Å². The minimum absolute atomic E-state index is 0.0109. The maximum Gasteiger partial charge on any atom is 0.231 e. The van der Waals surface area contributed by atoms with Gasteiger partial charge in [0.25, 0.3) is 0 Å². The lowest BCUT2D eigenvalue weighted by Gasteiger charge is -2.37. The molecule has 138 valence electrons. The molecule has 0 aliphatic carbocycles. The predicted octanol–water partition coefficient (Wildman–Crippen LogP) is 0.356. The van der Waals surface area contributed by atoms with Crippen molar-refractivity contribution in [3.05, 3.63) is 11.7 Å². The molecule has 2 aliphatic rings. The summed E-state index contributed by atoms with van der Waals surface area (Å²) in [6.07, 6.45) is 4.56. The Bertz CT molecular complexity index is 609. The Labute approximate surface area is 147 Å². The first-order chi connectivity index (χ1) is 12.0. The van der Waals surface area contributed by atoms with Crippen molar-refractivity contribution in [1.29, 1.82) is 0 Å². The lowest BCUT2D eigenvalue weighted by molar-refractivity contribution is -0.139. The molecule has 8 nitrogen and oxygen atoms in total. The van der Waals surface area contributed by atoms with Gasteiger partial charge in [-0.15, -0.1) is 0 Å². The number of aromatic nitrogens is 2. The largest absolute Gasteiger partial charge is 0.369 e. The summed E-state index contributed by atoms with van der Waals surface area (Å²) in [6.45, 7) is 5.11. The highest BCUT2D eigenvalue weighted by Crippen LogP contribution is 2.25. The zero-order chi connectivity index (χ0) is 17.8. The van der Waals surface area contributed by atoms with E-state index < -0.39 is 0 Å². The molecular formula is C17H27N5O3. The van der Waals surface area contributed by atoms with Crippen molar-refractivity contribution in [1.82, 2.24) is 19.9 Å². The first kappa shape index (κ1) is 17.8. The minimum Gasteiger partial charge on any atom is -0.369 e. The van der Waals surface area contributed by atoms with Crippen molar-refractivity contribution >= 4 is 11.8 Å². The van der Waals surface area contributed by atoms with Crippen molar-refractivity contribution in [2.75, 3.05) is 32.7 Å². The zero-order valence-electron chi connectivity index (χ0n) is 14.8. The number of hydrogen-bond donors (Lipinski definition) is 1. The van der Waals surface area contributed by atoms with E-state index in [9.17, 15) is 9.59 Å². The molecule has 3 heterocycles. The number of piperidine rings is 2. The number of hydrogen-bond acceptors (Lipinski definition) is 6. The molecule has 0 radical (unpaired) electrons. The molecule has 0 saturated carbocycles. The molecule has 2 amide bonds. The average molecular weight is 349 g/mol. The fourth-order valence-electron chi connectivity index (χ4n) is 3.91. The summed E-state index contributed by atoms with van der Waals surface area (Å²) in [5.74, 6) is 1.73. The summed E-state index contributed by atoms with van der Waals surface area (Å²) in [5, 5.41) is 3.83. The van der Waals surface area contributed by atoms with Crippen LogP contribution in [-0.4, -0.2) is 64.5 Å². The molecule has 2 fully saturated rings. The van der Waals surface area contributed by atoms with Crippen molar-refractivity contribution in [3.63, 3.8) is 0 Å². The molecule has 0 spiro atoms. The van der Waals surface area contributed by atoms with Crippen LogP contribution in [0.15, 0.2) is 4.52 Å². The van der Waals surface area contributed by atoms with Crippen molar-refractivity contribution < 1.29 is 14.1 Å². The molecule has 3 rings (SSSR count). The van der Waals surface area contributed by atoms with Crippen molar-refractivity contribution in [2.24, 2.45) is 17.6 Å². The Morgan fingerprint density at radius 1 is 1.24 bits per heavy atom. The molecule has 2 N–H and O–H groups in total. The minimum atomic E-state index is -0.329. The van der Waals surface area contributed by atoms with Crippen LogP contribution in [0.3, 0.4) is 0 Å². The van der Waals surface area contributed by atoms with Gasteiger partial charge >= 0.3 is 0 Å². The normalized spacial score (nSPS) is 22.9. The fraction of sp³-hybridized carbons (Fsp3) is 0.765. The van der Waals surface area contributed by atoms with Crippen LogP contribution in [0.25, 0.3) is 0 Å². The Hall–Kier alpha value is -1.96. The highest BCUT2D eigenvalue weighted by Gasteiger charge is 2.32. The number of amides is 2. The molecule has 25 heavy (non-hydrogen) atoms. The molecule has 8 heteroatoms. The van der Waals surface area contributed by atoms with E-state index in [4.69, 9.17) is 10.3 Å². The second kappa shape index (κ2) is 7.95. The number of aryl methyl sites for hydroxylation is 1. The predicted molar refractivity (Wildman–Crippen MR) is 90.4 cm³/mol. The number of carbonyl (C=O) groups excluding carboxylic acids is 2. The Morgan fingerprint density at radius 2 is 2.00 bits per heavy atom. The Balaban J connectivity index is 1.47. The summed E-state index contributed by atoms with van der Waals surface area (Å²) in [5.41, 5.74) is 5.27. The van der Waals surface area contributed by atoms with Gasteiger partial charge in [0.05, 0.1) is 12.5 Å². The van der Waals surface area contributed by atoms with Gasteiger partial charge in [0.2, 0.25) is 17.7 Å². The van der Waals surface area contributed by atoms with Crippen LogP contribution < -0.4 is 5.73 Å². The number of primary amides is 1. The first-order valence-electron chi connectivity index (χ1n) is 9.10. The SMILES string of the molecule is Cc1noc(CC2CCN(C(=O)[C@H]3CCCN(CC(N)=O)C3)CC2)n1. The smallest absolute Gasteiger partial charge is 0.231 e. The van der Waals surface area contributed by atoms with E-state index in [0.29, 0.717) is 24.2 Å². The third-order valence-corrected chi connectivity index (χ3v) is 5.19. The molecule has 1 aromatic heterocycles. The number of nitrogens with two attached hydrogens (primary N) is 1. The van der Waals surface area contributed by atoms with Crippen molar-refractivity contribution in [3.8, 4) is 0 Å². The third kappa shape index (κ3) is 4.78. The topological polar surface area (TPSA) is 106 Å². The maximum atomic E-state index is 12.8. The molecule has 1 atom stereocenters. The van der Waals surface area contributed by atoms with E-state index in [1.165, 1.54) is 0 Å². The van der Waals surface area contributed by atoms with Crippen LogP contribution in [0.5, 0.6) is 0 Å². The fourth-order valence-corrected chi connectivity index (χ4v) is 3.91. The molecule has 0 unspecified atom stereocenters. The second-order valence-electron chi connectivity index (χ2n) is 7.25. The van der Waals surface area contributed by atoms with Crippen molar-refractivity contribution in [2.45, 2.75) is 39.0 Å². The lowest BCUT2D eigenvalue weighted by atomic mass is 9.91. The zero-order valence-corrected chi connectivity index (χ0v) is 14.8. The van der Waals surface area contributed by atoms with E-state index in [0.717, 1.165) is 51.7 Å². The van der Waals surface area contributed by atoms with Gasteiger partial charge < -0.3 is 15.2 Å². The van der Waals surface area contributed by atoms with E-state index in [-0.39, 0.29) is 24.3 Å². The summed E-state index contributed by atoms with van der Waals surface area (Å²) < 4.78 is 5.20. The van der Waals surface area contributed by atoms with E-state index in [1.54, 1.807) is 0 Å². The van der Waals surface area contributed by atoms with Gasteiger partial charge in [-0.3, -0.25) is 14.5 Å². The van der Waals surface area contributed by atoms with Crippen LogP contribution in [0.1, 0.15) is 37.4 Å². The quantitative estimate of drug-likeness (QED) is 0.822. The van der Waals surface area contributed by atoms with Crippen LogP contribution in [0.4, 0.5) is 0 Å². The van der Waals surface area contributed by atoms with Crippen LogP contribution in [-0.2, 0) is 16.0 Å². The van der Waals surface area contributed by atoms with Crippen LogP contribution >= 0.6 is 0 Å². The number of rotatable bonds is 5. The summed E-state index contributed by atoms with van der Waals surface area (Å²) in [4.78, 5) is 32.1. The molecule has 2 saturated heterocycles.